The van der Waals surface area contributed by atoms with Crippen LogP contribution in [0, 0.1) is 0 Å². The van der Waals surface area contributed by atoms with Crippen molar-refractivity contribution in [3.8, 4) is 0 Å². The molecule has 0 aromatic heterocycles. The summed E-state index contributed by atoms with van der Waals surface area (Å²) in [6, 6.07) is 24.8. The van der Waals surface area contributed by atoms with Gasteiger partial charge in [-0.2, -0.15) is 0 Å². The van der Waals surface area contributed by atoms with Crippen LogP contribution in [0.1, 0.15) is 16.7 Å². The zero-order chi connectivity index (χ0) is 31.7. The summed E-state index contributed by atoms with van der Waals surface area (Å²) in [5, 5.41) is 18.0. The molecule has 4 N–H and O–H groups in total. The molecular formula is C31H35N3O8S. The summed E-state index contributed by atoms with van der Waals surface area (Å²) in [6.45, 7) is 2.67. The fourth-order valence-corrected chi connectivity index (χ4v) is 3.55. The van der Waals surface area contributed by atoms with Crippen LogP contribution in [0.15, 0.2) is 103 Å². The Morgan fingerprint density at radius 2 is 1.23 bits per heavy atom. The molecule has 0 aliphatic heterocycles. The molecule has 43 heavy (non-hydrogen) atoms. The summed E-state index contributed by atoms with van der Waals surface area (Å²) in [5.74, 6) is -2.46. The minimum Gasteiger partial charge on any atom is -0.480 e. The Labute approximate surface area is 250 Å². The maximum atomic E-state index is 13.1. The van der Waals surface area contributed by atoms with Crippen LogP contribution in [0.4, 0.5) is 4.79 Å². The molecule has 12 heteroatoms. The summed E-state index contributed by atoms with van der Waals surface area (Å²) in [5.41, 5.74) is 2.32. The number of ether oxygens (including phenoxy) is 1. The van der Waals surface area contributed by atoms with Crippen molar-refractivity contribution in [1.82, 2.24) is 16.0 Å². The number of carboxylic acid groups (broad SMARTS) is 1. The summed E-state index contributed by atoms with van der Waals surface area (Å²) in [6.07, 6.45) is 0.536. The lowest BCUT2D eigenvalue weighted by atomic mass is 10.0. The van der Waals surface area contributed by atoms with Gasteiger partial charge in [0.1, 0.15) is 25.2 Å². The molecule has 3 aromatic rings. The van der Waals surface area contributed by atoms with E-state index in [0.717, 1.165) is 28.4 Å². The normalized spacial score (nSPS) is 11.8. The van der Waals surface area contributed by atoms with E-state index in [1.807, 2.05) is 30.3 Å². The van der Waals surface area contributed by atoms with Crippen molar-refractivity contribution in [2.75, 3.05) is 12.8 Å². The summed E-state index contributed by atoms with van der Waals surface area (Å²) >= 11 is 0. The molecule has 0 unspecified atom stereocenters. The largest absolute Gasteiger partial charge is 0.480 e. The van der Waals surface area contributed by atoms with E-state index in [-0.39, 0.29) is 19.4 Å². The predicted molar refractivity (Wildman–Crippen MR) is 161 cm³/mol. The Hall–Kier alpha value is -4.97. The number of alkyl carbamates (subject to hydrolysis) is 1. The van der Waals surface area contributed by atoms with E-state index < -0.39 is 52.3 Å². The van der Waals surface area contributed by atoms with Crippen molar-refractivity contribution in [1.29, 1.82) is 0 Å². The number of rotatable bonds is 13. The third kappa shape index (κ3) is 14.5. The summed E-state index contributed by atoms with van der Waals surface area (Å²) in [7, 11) is -2.90. The highest BCUT2D eigenvalue weighted by Gasteiger charge is 2.27. The smallest absolute Gasteiger partial charge is 0.407 e. The van der Waals surface area contributed by atoms with Gasteiger partial charge < -0.3 is 25.8 Å². The number of hydrogen-bond donors (Lipinski definition) is 4. The number of carboxylic acids is 1. The van der Waals surface area contributed by atoms with E-state index in [4.69, 9.17) is 4.74 Å². The van der Waals surface area contributed by atoms with E-state index in [1.54, 1.807) is 60.7 Å². The lowest BCUT2D eigenvalue weighted by Crippen LogP contribution is -2.54. The van der Waals surface area contributed by atoms with Crippen LogP contribution in [0.25, 0.3) is 0 Å². The van der Waals surface area contributed by atoms with Crippen LogP contribution < -0.4 is 16.0 Å². The van der Waals surface area contributed by atoms with Gasteiger partial charge in [0.2, 0.25) is 11.8 Å². The van der Waals surface area contributed by atoms with E-state index in [9.17, 15) is 32.7 Å². The highest BCUT2D eigenvalue weighted by atomic mass is 32.2. The third-order valence-electron chi connectivity index (χ3n) is 5.74. The van der Waals surface area contributed by atoms with E-state index in [2.05, 4.69) is 22.5 Å². The molecule has 228 valence electrons. The van der Waals surface area contributed by atoms with Gasteiger partial charge in [0.05, 0.1) is 0 Å². The minimum atomic E-state index is -2.90. The molecule has 0 aliphatic carbocycles. The highest BCUT2D eigenvalue weighted by molar-refractivity contribution is 7.93. The van der Waals surface area contributed by atoms with Crippen molar-refractivity contribution >= 4 is 33.7 Å². The van der Waals surface area contributed by atoms with Gasteiger partial charge in [-0.05, 0) is 16.7 Å². The first-order chi connectivity index (χ1) is 20.5. The minimum absolute atomic E-state index is 0.0469. The Morgan fingerprint density at radius 3 is 1.67 bits per heavy atom. The Balaban J connectivity index is 0.000000973. The highest BCUT2D eigenvalue weighted by Crippen LogP contribution is 2.07. The van der Waals surface area contributed by atoms with Gasteiger partial charge in [-0.15, -0.1) is 0 Å². The van der Waals surface area contributed by atoms with Crippen molar-refractivity contribution in [2.24, 2.45) is 0 Å². The van der Waals surface area contributed by atoms with Crippen molar-refractivity contribution in [2.45, 2.75) is 31.5 Å². The van der Waals surface area contributed by atoms with Crippen molar-refractivity contribution in [3.63, 3.8) is 0 Å². The lowest BCUT2D eigenvalue weighted by molar-refractivity contribution is -0.142. The van der Waals surface area contributed by atoms with Gasteiger partial charge in [0.25, 0.3) is 0 Å². The van der Waals surface area contributed by atoms with Crippen molar-refractivity contribution < 1.29 is 37.4 Å². The number of carbonyl (C=O) groups excluding carboxylic acids is 3. The zero-order valence-corrected chi connectivity index (χ0v) is 24.5. The molecule has 0 spiro atoms. The number of amides is 3. The number of benzene rings is 3. The number of sulfone groups is 1. The number of hydrogen-bond acceptors (Lipinski definition) is 7. The molecule has 0 radical (unpaired) electrons. The first kappa shape index (κ1) is 34.2. The zero-order valence-electron chi connectivity index (χ0n) is 23.6. The van der Waals surface area contributed by atoms with Crippen LogP contribution in [0.5, 0.6) is 0 Å². The van der Waals surface area contributed by atoms with Gasteiger partial charge in [-0.25, -0.2) is 18.0 Å². The molecule has 2 atom stereocenters. The fourth-order valence-electron chi connectivity index (χ4n) is 3.55. The van der Waals surface area contributed by atoms with Crippen LogP contribution in [0.3, 0.4) is 0 Å². The Morgan fingerprint density at radius 1 is 0.791 bits per heavy atom. The maximum Gasteiger partial charge on any atom is 0.407 e. The average Bonchev–Trinajstić information content (AvgIpc) is 2.99. The first-order valence-electron chi connectivity index (χ1n) is 13.1. The van der Waals surface area contributed by atoms with E-state index in [1.165, 1.54) is 0 Å². The molecule has 3 rings (SSSR count). The molecule has 0 bridgehead atoms. The monoisotopic (exact) mass is 609 g/mol. The topological polar surface area (TPSA) is 168 Å². The standard InChI is InChI=1S/C28H29N3O6.C3H6O2S/c32-25(18-29-28(36)37-19-22-14-8-3-9-15-22)30-23(16-20-10-4-1-5-11-20)26(33)31-24(27(34)35)17-21-12-6-2-7-13-21;1-3-6(2,4)5/h1-15,23-24H,16-19H2,(H,29,36)(H,30,32)(H,31,33)(H,34,35);3H,1H2,2H3/t23-,24-;/m0./s1. The first-order valence-corrected chi connectivity index (χ1v) is 15.1. The van der Waals surface area contributed by atoms with Crippen molar-refractivity contribution in [3.05, 3.63) is 120 Å². The SMILES string of the molecule is C=CS(C)(=O)=O.O=C(CNC(=O)OCc1ccccc1)N[C@@H](Cc1ccccc1)C(=O)N[C@@H](Cc1ccccc1)C(=O)O. The van der Waals surface area contributed by atoms with E-state index in [0.29, 0.717) is 0 Å². The third-order valence-corrected chi connectivity index (χ3v) is 6.35. The average molecular weight is 610 g/mol. The molecule has 0 saturated heterocycles. The van der Waals surface area contributed by atoms with Gasteiger partial charge >= 0.3 is 12.1 Å². The van der Waals surface area contributed by atoms with Gasteiger partial charge in [0.15, 0.2) is 9.84 Å². The van der Waals surface area contributed by atoms with Crippen LogP contribution in [-0.2, 0) is 48.4 Å². The second-order valence-electron chi connectivity index (χ2n) is 9.31. The molecule has 0 saturated carbocycles. The molecule has 3 amide bonds. The number of aliphatic carboxylic acids is 1. The molecule has 3 aromatic carbocycles. The Bertz CT molecular complexity index is 1440. The van der Waals surface area contributed by atoms with Crippen LogP contribution in [0.2, 0.25) is 0 Å². The molecule has 0 aliphatic rings. The molecular weight excluding hydrogens is 574 g/mol. The quantitative estimate of drug-likeness (QED) is 0.229. The summed E-state index contributed by atoms with van der Waals surface area (Å²) in [4.78, 5) is 49.4. The number of carbonyl (C=O) groups is 4. The maximum absolute atomic E-state index is 13.1. The second-order valence-corrected chi connectivity index (χ2v) is 11.3. The molecule has 0 heterocycles. The molecule has 0 fully saturated rings. The Kier molecular flexibility index (Phi) is 14.1. The van der Waals surface area contributed by atoms with Gasteiger partial charge in [-0.1, -0.05) is 97.6 Å². The van der Waals surface area contributed by atoms with Gasteiger partial charge in [0, 0.05) is 24.5 Å². The lowest BCUT2D eigenvalue weighted by Gasteiger charge is -2.22. The fraction of sp³-hybridized carbons (Fsp3) is 0.226. The molecule has 11 nitrogen and oxygen atoms in total. The van der Waals surface area contributed by atoms with E-state index >= 15 is 0 Å². The van der Waals surface area contributed by atoms with Crippen LogP contribution >= 0.6 is 0 Å². The summed E-state index contributed by atoms with van der Waals surface area (Å²) < 4.78 is 24.9. The van der Waals surface area contributed by atoms with Crippen LogP contribution in [-0.4, -0.2) is 62.3 Å². The second kappa shape index (κ2) is 17.8. The number of nitrogens with one attached hydrogen (secondary N) is 3. The predicted octanol–water partition coefficient (Wildman–Crippen LogP) is 2.63. The van der Waals surface area contributed by atoms with Gasteiger partial charge in [-0.3, -0.25) is 9.59 Å².